The Kier molecular flexibility index (Phi) is 2.31. The molecule has 0 saturated heterocycles. The molecule has 0 saturated carbocycles. The first-order valence-electron chi connectivity index (χ1n) is 5.29. The van der Waals surface area contributed by atoms with E-state index in [1.54, 1.807) is 0 Å². The molecule has 0 fully saturated rings. The SMILES string of the molecule is CC(C)(CN)n1nnc2c1CCCC2. The van der Waals surface area contributed by atoms with Crippen molar-refractivity contribution in [2.24, 2.45) is 5.73 Å². The Morgan fingerprint density at radius 1 is 1.36 bits per heavy atom. The van der Waals surface area contributed by atoms with Crippen LogP contribution in [-0.4, -0.2) is 21.5 Å². The van der Waals surface area contributed by atoms with Crippen molar-refractivity contribution >= 4 is 0 Å². The van der Waals surface area contributed by atoms with Crippen molar-refractivity contribution in [3.05, 3.63) is 11.4 Å². The van der Waals surface area contributed by atoms with Crippen molar-refractivity contribution < 1.29 is 0 Å². The van der Waals surface area contributed by atoms with Gasteiger partial charge in [0.2, 0.25) is 0 Å². The molecule has 1 heterocycles. The predicted octanol–water partition coefficient (Wildman–Crippen LogP) is 0.851. The van der Waals surface area contributed by atoms with Gasteiger partial charge in [-0.3, -0.25) is 0 Å². The molecule has 1 aromatic rings. The fourth-order valence-electron chi connectivity index (χ4n) is 1.93. The van der Waals surface area contributed by atoms with Gasteiger partial charge >= 0.3 is 0 Å². The van der Waals surface area contributed by atoms with Crippen LogP contribution in [0.2, 0.25) is 0 Å². The zero-order valence-corrected chi connectivity index (χ0v) is 8.95. The highest BCUT2D eigenvalue weighted by molar-refractivity contribution is 5.15. The lowest BCUT2D eigenvalue weighted by Gasteiger charge is -2.26. The summed E-state index contributed by atoms with van der Waals surface area (Å²) < 4.78 is 2.02. The lowest BCUT2D eigenvalue weighted by molar-refractivity contribution is 0.310. The van der Waals surface area contributed by atoms with Gasteiger partial charge in [0.05, 0.1) is 16.9 Å². The van der Waals surface area contributed by atoms with Gasteiger partial charge in [0.1, 0.15) is 0 Å². The largest absolute Gasteiger partial charge is 0.328 e. The normalized spacial score (nSPS) is 16.8. The Morgan fingerprint density at radius 2 is 2.07 bits per heavy atom. The number of aromatic nitrogens is 3. The number of rotatable bonds is 2. The topological polar surface area (TPSA) is 56.7 Å². The van der Waals surface area contributed by atoms with E-state index >= 15 is 0 Å². The van der Waals surface area contributed by atoms with E-state index in [0.717, 1.165) is 12.8 Å². The Hall–Kier alpha value is -0.900. The highest BCUT2D eigenvalue weighted by atomic mass is 15.5. The number of hydrogen-bond acceptors (Lipinski definition) is 3. The zero-order chi connectivity index (χ0) is 10.2. The minimum atomic E-state index is -0.0993. The summed E-state index contributed by atoms with van der Waals surface area (Å²) in [7, 11) is 0. The molecule has 0 bridgehead atoms. The van der Waals surface area contributed by atoms with Crippen molar-refractivity contribution in [3.8, 4) is 0 Å². The van der Waals surface area contributed by atoms with E-state index in [1.165, 1.54) is 24.2 Å². The van der Waals surface area contributed by atoms with Crippen molar-refractivity contribution in [2.75, 3.05) is 6.54 Å². The third kappa shape index (κ3) is 1.43. The molecular formula is C10H18N4. The van der Waals surface area contributed by atoms with E-state index in [-0.39, 0.29) is 5.54 Å². The Morgan fingerprint density at radius 3 is 2.79 bits per heavy atom. The summed E-state index contributed by atoms with van der Waals surface area (Å²) in [4.78, 5) is 0. The van der Waals surface area contributed by atoms with E-state index in [0.29, 0.717) is 6.54 Å². The molecule has 2 N–H and O–H groups in total. The maximum atomic E-state index is 5.74. The maximum absolute atomic E-state index is 5.74. The van der Waals surface area contributed by atoms with E-state index in [9.17, 15) is 0 Å². The summed E-state index contributed by atoms with van der Waals surface area (Å²) in [6.07, 6.45) is 4.68. The average molecular weight is 194 g/mol. The highest BCUT2D eigenvalue weighted by Gasteiger charge is 2.26. The maximum Gasteiger partial charge on any atom is 0.0859 e. The van der Waals surface area contributed by atoms with Gasteiger partial charge in [-0.05, 0) is 39.5 Å². The third-order valence-corrected chi connectivity index (χ3v) is 2.99. The first-order valence-corrected chi connectivity index (χ1v) is 5.29. The summed E-state index contributed by atoms with van der Waals surface area (Å²) >= 11 is 0. The molecule has 1 aliphatic rings. The second-order valence-corrected chi connectivity index (χ2v) is 4.62. The fraction of sp³-hybridized carbons (Fsp3) is 0.800. The van der Waals surface area contributed by atoms with Crippen LogP contribution in [0.15, 0.2) is 0 Å². The Labute approximate surface area is 84.5 Å². The number of aryl methyl sites for hydroxylation is 1. The molecular weight excluding hydrogens is 176 g/mol. The zero-order valence-electron chi connectivity index (χ0n) is 8.95. The molecule has 1 aliphatic carbocycles. The molecule has 14 heavy (non-hydrogen) atoms. The summed E-state index contributed by atoms with van der Waals surface area (Å²) in [5.41, 5.74) is 8.12. The van der Waals surface area contributed by atoms with Crippen LogP contribution in [-0.2, 0) is 18.4 Å². The van der Waals surface area contributed by atoms with Gasteiger partial charge in [0, 0.05) is 6.54 Å². The van der Waals surface area contributed by atoms with Crippen LogP contribution in [0.3, 0.4) is 0 Å². The Balaban J connectivity index is 2.39. The lowest BCUT2D eigenvalue weighted by atomic mass is 9.98. The smallest absolute Gasteiger partial charge is 0.0859 e. The van der Waals surface area contributed by atoms with Crippen LogP contribution < -0.4 is 5.73 Å². The molecule has 4 nitrogen and oxygen atoms in total. The molecule has 0 radical (unpaired) electrons. The van der Waals surface area contributed by atoms with Gasteiger partial charge in [-0.2, -0.15) is 0 Å². The van der Waals surface area contributed by atoms with Crippen LogP contribution in [0, 0.1) is 0 Å². The molecule has 0 atom stereocenters. The second kappa shape index (κ2) is 3.35. The Bertz CT molecular complexity index is 327. The molecule has 0 aromatic carbocycles. The molecule has 0 unspecified atom stereocenters. The van der Waals surface area contributed by atoms with Crippen molar-refractivity contribution in [3.63, 3.8) is 0 Å². The first kappa shape index (κ1) is 9.65. The summed E-state index contributed by atoms with van der Waals surface area (Å²) in [5, 5.41) is 8.46. The number of nitrogens with zero attached hydrogens (tertiary/aromatic N) is 3. The quantitative estimate of drug-likeness (QED) is 0.759. The van der Waals surface area contributed by atoms with Crippen LogP contribution in [0.1, 0.15) is 38.1 Å². The summed E-state index contributed by atoms with van der Waals surface area (Å²) in [5.74, 6) is 0. The van der Waals surface area contributed by atoms with E-state index < -0.39 is 0 Å². The van der Waals surface area contributed by atoms with Gasteiger partial charge < -0.3 is 5.73 Å². The number of fused-ring (bicyclic) bond motifs is 1. The molecule has 4 heteroatoms. The minimum Gasteiger partial charge on any atom is -0.328 e. The second-order valence-electron chi connectivity index (χ2n) is 4.62. The van der Waals surface area contributed by atoms with E-state index in [2.05, 4.69) is 24.2 Å². The van der Waals surface area contributed by atoms with E-state index in [4.69, 9.17) is 5.73 Å². The highest BCUT2D eigenvalue weighted by Crippen LogP contribution is 2.23. The average Bonchev–Trinajstić information content (AvgIpc) is 2.61. The number of hydrogen-bond donors (Lipinski definition) is 1. The minimum absolute atomic E-state index is 0.0993. The molecule has 2 rings (SSSR count). The first-order chi connectivity index (χ1) is 6.65. The molecule has 78 valence electrons. The predicted molar refractivity (Wildman–Crippen MR) is 55.0 cm³/mol. The van der Waals surface area contributed by atoms with Gasteiger partial charge in [0.15, 0.2) is 0 Å². The molecule has 0 spiro atoms. The van der Waals surface area contributed by atoms with Gasteiger partial charge in [-0.25, -0.2) is 4.68 Å². The monoisotopic (exact) mass is 194 g/mol. The van der Waals surface area contributed by atoms with Crippen LogP contribution in [0.5, 0.6) is 0 Å². The van der Waals surface area contributed by atoms with Crippen LogP contribution >= 0.6 is 0 Å². The van der Waals surface area contributed by atoms with E-state index in [1.807, 2.05) is 4.68 Å². The molecule has 0 aliphatic heterocycles. The fourth-order valence-corrected chi connectivity index (χ4v) is 1.93. The van der Waals surface area contributed by atoms with Gasteiger partial charge in [-0.15, -0.1) is 5.10 Å². The number of nitrogens with two attached hydrogens (primary N) is 1. The van der Waals surface area contributed by atoms with Crippen LogP contribution in [0.25, 0.3) is 0 Å². The standard InChI is InChI=1S/C10H18N4/c1-10(2,7-11)14-9-6-4-3-5-8(9)12-13-14/h3-7,11H2,1-2H3. The van der Waals surface area contributed by atoms with Crippen molar-refractivity contribution in [1.82, 2.24) is 15.0 Å². The summed E-state index contributed by atoms with van der Waals surface area (Å²) in [6, 6.07) is 0. The molecule has 1 aromatic heterocycles. The van der Waals surface area contributed by atoms with Gasteiger partial charge in [-0.1, -0.05) is 5.21 Å². The summed E-state index contributed by atoms with van der Waals surface area (Å²) in [6.45, 7) is 4.82. The van der Waals surface area contributed by atoms with Gasteiger partial charge in [0.25, 0.3) is 0 Å². The van der Waals surface area contributed by atoms with Crippen molar-refractivity contribution in [2.45, 2.75) is 45.1 Å². The third-order valence-electron chi connectivity index (χ3n) is 2.99. The van der Waals surface area contributed by atoms with Crippen molar-refractivity contribution in [1.29, 1.82) is 0 Å². The lowest BCUT2D eigenvalue weighted by Crippen LogP contribution is -2.37. The van der Waals surface area contributed by atoms with Crippen LogP contribution in [0.4, 0.5) is 0 Å². The molecule has 0 amide bonds.